The molecule has 0 aromatic carbocycles. The summed E-state index contributed by atoms with van der Waals surface area (Å²) in [4.78, 5) is 28.0. The molecule has 13 heavy (non-hydrogen) atoms. The van der Waals surface area contributed by atoms with Crippen molar-refractivity contribution < 1.29 is 9.90 Å². The van der Waals surface area contributed by atoms with Crippen LogP contribution >= 0.6 is 0 Å². The van der Waals surface area contributed by atoms with E-state index in [-0.39, 0.29) is 24.8 Å². The third-order valence-electron chi connectivity index (χ3n) is 1.61. The van der Waals surface area contributed by atoms with Crippen molar-refractivity contribution in [2.45, 2.75) is 0 Å². The smallest absolute Gasteiger partial charge is 0.323 e. The van der Waals surface area contributed by atoms with Crippen LogP contribution in [0.5, 0.6) is 0 Å². The van der Waals surface area contributed by atoms with Gasteiger partial charge in [0.2, 0.25) is 0 Å². The molecule has 0 radical (unpaired) electrons. The van der Waals surface area contributed by atoms with Crippen LogP contribution in [-0.2, 0) is 0 Å². The molecule has 0 atom stereocenters. The van der Waals surface area contributed by atoms with E-state index in [0.717, 1.165) is 0 Å². The van der Waals surface area contributed by atoms with Crippen LogP contribution in [0.25, 0.3) is 0 Å². The lowest BCUT2D eigenvalue weighted by atomic mass is 10.4. The number of hydrogen-bond donors (Lipinski definition) is 3. The number of amides is 1. The van der Waals surface area contributed by atoms with Crippen LogP contribution in [0.1, 0.15) is 10.5 Å². The number of likely N-dealkylation sites (N-methyl/N-ethyl adjacent to an activating group) is 1. The first-order chi connectivity index (χ1) is 6.15. The quantitative estimate of drug-likeness (QED) is 0.550. The maximum Gasteiger partial charge on any atom is 0.323 e. The molecule has 6 nitrogen and oxygen atoms in total. The zero-order chi connectivity index (χ0) is 9.84. The highest BCUT2D eigenvalue weighted by Gasteiger charge is 2.12. The number of nitrogens with one attached hydrogen (secondary N) is 2. The molecule has 0 aliphatic heterocycles. The number of carbonyl (C=O) groups is 1. The molecule has 1 amide bonds. The van der Waals surface area contributed by atoms with E-state index in [1.807, 2.05) is 0 Å². The van der Waals surface area contributed by atoms with Crippen molar-refractivity contribution in [1.29, 1.82) is 0 Å². The fourth-order valence-corrected chi connectivity index (χ4v) is 0.905. The number of aromatic nitrogens is 2. The van der Waals surface area contributed by atoms with Gasteiger partial charge < -0.3 is 20.0 Å². The van der Waals surface area contributed by atoms with Gasteiger partial charge in [0.25, 0.3) is 5.91 Å². The Morgan fingerprint density at radius 2 is 2.38 bits per heavy atom. The Kier molecular flexibility index (Phi) is 2.86. The first-order valence-corrected chi connectivity index (χ1v) is 3.79. The second-order valence-electron chi connectivity index (χ2n) is 2.61. The van der Waals surface area contributed by atoms with Gasteiger partial charge in [0, 0.05) is 19.8 Å². The SMILES string of the molecule is CN(CCO)C(=O)c1c[nH]c(=O)[nH]1. The largest absolute Gasteiger partial charge is 0.395 e. The molecule has 1 aromatic heterocycles. The number of aromatic amines is 2. The standard InChI is InChI=1S/C7H11N3O3/c1-10(2-3-11)6(12)5-4-8-7(13)9-5/h4,11H,2-3H2,1H3,(H2,8,9,13). The Labute approximate surface area is 74.2 Å². The minimum atomic E-state index is -0.416. The number of nitrogens with zero attached hydrogens (tertiary/aromatic N) is 1. The van der Waals surface area contributed by atoms with E-state index in [1.165, 1.54) is 11.1 Å². The topological polar surface area (TPSA) is 89.2 Å². The van der Waals surface area contributed by atoms with E-state index in [4.69, 9.17) is 5.11 Å². The van der Waals surface area contributed by atoms with Crippen LogP contribution in [0.4, 0.5) is 0 Å². The molecule has 0 bridgehead atoms. The fraction of sp³-hybridized carbons (Fsp3) is 0.429. The second-order valence-corrected chi connectivity index (χ2v) is 2.61. The predicted molar refractivity (Wildman–Crippen MR) is 45.5 cm³/mol. The number of hydrogen-bond acceptors (Lipinski definition) is 3. The van der Waals surface area contributed by atoms with Gasteiger partial charge in [-0.15, -0.1) is 0 Å². The normalized spacial score (nSPS) is 10.0. The highest BCUT2D eigenvalue weighted by molar-refractivity contribution is 5.91. The second kappa shape index (κ2) is 3.90. The van der Waals surface area contributed by atoms with E-state index in [2.05, 4.69) is 9.97 Å². The average Bonchev–Trinajstić information content (AvgIpc) is 2.51. The van der Waals surface area contributed by atoms with Crippen molar-refractivity contribution >= 4 is 5.91 Å². The van der Waals surface area contributed by atoms with E-state index in [9.17, 15) is 9.59 Å². The summed E-state index contributed by atoms with van der Waals surface area (Å²) >= 11 is 0. The molecule has 0 aliphatic carbocycles. The van der Waals surface area contributed by atoms with Crippen molar-refractivity contribution in [3.05, 3.63) is 22.4 Å². The Morgan fingerprint density at radius 3 is 2.85 bits per heavy atom. The monoisotopic (exact) mass is 185 g/mol. The van der Waals surface area contributed by atoms with Gasteiger partial charge >= 0.3 is 5.69 Å². The van der Waals surface area contributed by atoms with Crippen molar-refractivity contribution in [2.24, 2.45) is 0 Å². The number of aliphatic hydroxyl groups excluding tert-OH is 1. The Balaban J connectivity index is 2.73. The number of carbonyl (C=O) groups excluding carboxylic acids is 1. The first-order valence-electron chi connectivity index (χ1n) is 3.79. The van der Waals surface area contributed by atoms with Gasteiger partial charge in [-0.1, -0.05) is 0 Å². The van der Waals surface area contributed by atoms with E-state index in [1.54, 1.807) is 7.05 Å². The minimum absolute atomic E-state index is 0.100. The zero-order valence-electron chi connectivity index (χ0n) is 7.20. The molecule has 1 heterocycles. The summed E-state index contributed by atoms with van der Waals surface area (Å²) in [6.45, 7) is 0.142. The number of H-pyrrole nitrogens is 2. The Morgan fingerprint density at radius 1 is 1.69 bits per heavy atom. The molecule has 72 valence electrons. The molecule has 0 fully saturated rings. The van der Waals surface area contributed by atoms with Gasteiger partial charge in [-0.05, 0) is 0 Å². The Hall–Kier alpha value is -1.56. The van der Waals surface area contributed by atoms with E-state index < -0.39 is 5.69 Å². The average molecular weight is 185 g/mol. The maximum atomic E-state index is 11.4. The molecular weight excluding hydrogens is 174 g/mol. The third-order valence-corrected chi connectivity index (χ3v) is 1.61. The van der Waals surface area contributed by atoms with Crippen LogP contribution in [-0.4, -0.2) is 46.1 Å². The molecular formula is C7H11N3O3. The predicted octanol–water partition coefficient (Wildman–Crippen LogP) is -1.23. The van der Waals surface area contributed by atoms with E-state index in [0.29, 0.717) is 0 Å². The molecule has 0 saturated carbocycles. The summed E-state index contributed by atoms with van der Waals surface area (Å²) in [7, 11) is 1.55. The molecule has 0 spiro atoms. The molecule has 0 saturated heterocycles. The summed E-state index contributed by atoms with van der Waals surface area (Å²) in [5.41, 5.74) is -0.221. The van der Waals surface area contributed by atoms with Crippen LogP contribution < -0.4 is 5.69 Å². The Bertz CT molecular complexity index is 341. The zero-order valence-corrected chi connectivity index (χ0v) is 7.20. The summed E-state index contributed by atoms with van der Waals surface area (Å²) in [6, 6.07) is 0. The van der Waals surface area contributed by atoms with Crippen LogP contribution in [0.3, 0.4) is 0 Å². The highest BCUT2D eigenvalue weighted by Crippen LogP contribution is 1.94. The molecule has 0 unspecified atom stereocenters. The number of aliphatic hydroxyl groups is 1. The van der Waals surface area contributed by atoms with Gasteiger partial charge in [-0.2, -0.15) is 0 Å². The lowest BCUT2D eigenvalue weighted by molar-refractivity contribution is 0.0761. The molecule has 6 heteroatoms. The maximum absolute atomic E-state index is 11.4. The molecule has 1 aromatic rings. The minimum Gasteiger partial charge on any atom is -0.395 e. The first kappa shape index (κ1) is 9.53. The lowest BCUT2D eigenvalue weighted by Gasteiger charge is -2.13. The summed E-state index contributed by atoms with van der Waals surface area (Å²) < 4.78 is 0. The lowest BCUT2D eigenvalue weighted by Crippen LogP contribution is -2.30. The van der Waals surface area contributed by atoms with Crippen molar-refractivity contribution in [1.82, 2.24) is 14.9 Å². The van der Waals surface area contributed by atoms with Crippen molar-refractivity contribution in [3.8, 4) is 0 Å². The molecule has 3 N–H and O–H groups in total. The van der Waals surface area contributed by atoms with E-state index >= 15 is 0 Å². The van der Waals surface area contributed by atoms with Crippen molar-refractivity contribution in [2.75, 3.05) is 20.2 Å². The van der Waals surface area contributed by atoms with Crippen molar-refractivity contribution in [3.63, 3.8) is 0 Å². The molecule has 1 rings (SSSR count). The summed E-state index contributed by atoms with van der Waals surface area (Å²) in [6.07, 6.45) is 1.30. The van der Waals surface area contributed by atoms with Gasteiger partial charge in [0.15, 0.2) is 0 Å². The third kappa shape index (κ3) is 2.19. The number of imidazole rings is 1. The van der Waals surface area contributed by atoms with Crippen LogP contribution in [0, 0.1) is 0 Å². The van der Waals surface area contributed by atoms with Crippen LogP contribution in [0.15, 0.2) is 11.0 Å². The van der Waals surface area contributed by atoms with Gasteiger partial charge in [-0.3, -0.25) is 4.79 Å². The fourth-order valence-electron chi connectivity index (χ4n) is 0.905. The highest BCUT2D eigenvalue weighted by atomic mass is 16.3. The van der Waals surface area contributed by atoms with Gasteiger partial charge in [0.1, 0.15) is 5.69 Å². The number of rotatable bonds is 3. The van der Waals surface area contributed by atoms with Gasteiger partial charge in [0.05, 0.1) is 6.61 Å². The van der Waals surface area contributed by atoms with Crippen LogP contribution in [0.2, 0.25) is 0 Å². The summed E-state index contributed by atoms with van der Waals surface area (Å²) in [5.74, 6) is -0.326. The van der Waals surface area contributed by atoms with Gasteiger partial charge in [-0.25, -0.2) is 4.79 Å². The summed E-state index contributed by atoms with van der Waals surface area (Å²) in [5, 5.41) is 8.56. The molecule has 0 aliphatic rings.